The van der Waals surface area contributed by atoms with Gasteiger partial charge in [-0.1, -0.05) is 140 Å². The van der Waals surface area contributed by atoms with Crippen molar-refractivity contribution in [2.75, 3.05) is 59.6 Å². The van der Waals surface area contributed by atoms with Gasteiger partial charge < -0.3 is 28.6 Å². The molecule has 0 aromatic heterocycles. The first-order valence-corrected chi connectivity index (χ1v) is 23.6. The van der Waals surface area contributed by atoms with E-state index in [1.54, 1.807) is 0 Å². The topological polar surface area (TPSA) is 66.5 Å². The average Bonchev–Trinajstić information content (AvgIpc) is 3.73. The number of unbranched alkanes of at least 4 members (excludes halogenated alkanes) is 18. The van der Waals surface area contributed by atoms with Gasteiger partial charge in [-0.2, -0.15) is 0 Å². The van der Waals surface area contributed by atoms with Gasteiger partial charge in [-0.3, -0.25) is 4.79 Å². The van der Waals surface area contributed by atoms with Gasteiger partial charge in [-0.25, -0.2) is 0 Å². The summed E-state index contributed by atoms with van der Waals surface area (Å²) in [5.41, 5.74) is 0. The molecule has 1 aliphatic rings. The van der Waals surface area contributed by atoms with Gasteiger partial charge in [0.15, 0.2) is 0 Å². The van der Waals surface area contributed by atoms with Crippen molar-refractivity contribution in [1.29, 1.82) is 0 Å². The lowest BCUT2D eigenvalue weighted by atomic mass is 10.1. The molecule has 0 spiro atoms. The number of allylic oxidation sites excluding steroid dienone is 8. The quantitative estimate of drug-likeness (QED) is 0.0264. The van der Waals surface area contributed by atoms with Crippen LogP contribution in [0.4, 0.5) is 0 Å². The predicted molar refractivity (Wildman–Crippen MR) is 237 cm³/mol. The highest BCUT2D eigenvalue weighted by atomic mass is 16.7. The van der Waals surface area contributed by atoms with E-state index in [4.69, 9.17) is 23.7 Å². The van der Waals surface area contributed by atoms with Gasteiger partial charge in [0.05, 0.1) is 13.2 Å². The maximum Gasteiger partial charge on any atom is 0.306 e. The Hall–Kier alpha value is -1.77. The summed E-state index contributed by atoms with van der Waals surface area (Å²) in [4.78, 5) is 15.0. The van der Waals surface area contributed by atoms with Crippen LogP contribution >= 0.6 is 0 Å². The molecular formula is C49H89NO6. The molecule has 0 aliphatic carbocycles. The van der Waals surface area contributed by atoms with Crippen molar-refractivity contribution in [3.05, 3.63) is 48.6 Å². The molecule has 0 N–H and O–H groups in total. The van der Waals surface area contributed by atoms with Crippen molar-refractivity contribution in [2.45, 2.75) is 200 Å². The largest absolute Gasteiger partial charge is 0.457 e. The third-order valence-corrected chi connectivity index (χ3v) is 10.3. The van der Waals surface area contributed by atoms with Crippen molar-refractivity contribution >= 4 is 5.97 Å². The summed E-state index contributed by atoms with van der Waals surface area (Å²) in [7, 11) is 0. The van der Waals surface area contributed by atoms with Crippen LogP contribution in [0.2, 0.25) is 0 Å². The number of esters is 1. The highest BCUT2D eigenvalue weighted by molar-refractivity contribution is 5.69. The van der Waals surface area contributed by atoms with Crippen LogP contribution < -0.4 is 0 Å². The van der Waals surface area contributed by atoms with E-state index in [0.29, 0.717) is 19.6 Å². The highest BCUT2D eigenvalue weighted by Crippen LogP contribution is 2.12. The Bertz CT molecular complexity index is 872. The van der Waals surface area contributed by atoms with E-state index < -0.39 is 6.10 Å². The van der Waals surface area contributed by atoms with Crippen molar-refractivity contribution in [1.82, 2.24) is 4.90 Å². The molecule has 1 heterocycles. The smallest absolute Gasteiger partial charge is 0.306 e. The Morgan fingerprint density at radius 2 is 0.911 bits per heavy atom. The second-order valence-electron chi connectivity index (χ2n) is 15.7. The molecule has 0 aromatic carbocycles. The van der Waals surface area contributed by atoms with E-state index in [0.717, 1.165) is 51.7 Å². The number of nitrogens with zero attached hydrogens (tertiary/aromatic N) is 1. The normalized spacial score (nSPS) is 14.0. The molecule has 1 fully saturated rings. The van der Waals surface area contributed by atoms with Crippen LogP contribution in [0.1, 0.15) is 194 Å². The molecule has 0 amide bonds. The van der Waals surface area contributed by atoms with Gasteiger partial charge >= 0.3 is 5.97 Å². The van der Waals surface area contributed by atoms with Crippen molar-refractivity contribution in [2.24, 2.45) is 0 Å². The zero-order valence-corrected chi connectivity index (χ0v) is 36.8. The molecule has 0 radical (unpaired) electrons. The highest BCUT2D eigenvalue weighted by Gasteiger charge is 2.17. The lowest BCUT2D eigenvalue weighted by Gasteiger charge is -2.19. The number of hydrogen-bond donors (Lipinski definition) is 0. The SMILES string of the molecule is CCCCC/C=C\C/C=C\CCCCCCCCOCOCC(COCOCCCCCCCC/C=C\C/C=C\CCCCC)OC(=O)CCCN1CCCC1. The monoisotopic (exact) mass is 788 g/mol. The molecule has 0 unspecified atom stereocenters. The number of ether oxygens (including phenoxy) is 5. The van der Waals surface area contributed by atoms with Gasteiger partial charge in [0.25, 0.3) is 0 Å². The summed E-state index contributed by atoms with van der Waals surface area (Å²) in [6.45, 7) is 10.0. The Morgan fingerprint density at radius 1 is 0.500 bits per heavy atom. The number of carbonyl (C=O) groups excluding carboxylic acids is 1. The van der Waals surface area contributed by atoms with Crippen molar-refractivity contribution < 1.29 is 28.5 Å². The summed E-state index contributed by atoms with van der Waals surface area (Å²) < 4.78 is 28.7. The molecule has 7 nitrogen and oxygen atoms in total. The first-order valence-electron chi connectivity index (χ1n) is 23.6. The minimum absolute atomic E-state index is 0.189. The predicted octanol–water partition coefficient (Wildman–Crippen LogP) is 13.4. The minimum atomic E-state index is -0.467. The number of likely N-dealkylation sites (tertiary alicyclic amines) is 1. The van der Waals surface area contributed by atoms with Crippen LogP contribution in [0.3, 0.4) is 0 Å². The Kier molecular flexibility index (Phi) is 41.4. The fourth-order valence-corrected chi connectivity index (χ4v) is 6.79. The fourth-order valence-electron chi connectivity index (χ4n) is 6.79. The van der Waals surface area contributed by atoms with Gasteiger partial charge in [0, 0.05) is 19.6 Å². The van der Waals surface area contributed by atoms with Crippen LogP contribution in [0.15, 0.2) is 48.6 Å². The van der Waals surface area contributed by atoms with Gasteiger partial charge in [0.2, 0.25) is 0 Å². The molecule has 1 aliphatic heterocycles. The summed E-state index contributed by atoms with van der Waals surface area (Å²) in [5, 5.41) is 0. The average molecular weight is 788 g/mol. The third-order valence-electron chi connectivity index (χ3n) is 10.3. The van der Waals surface area contributed by atoms with Crippen molar-refractivity contribution in [3.63, 3.8) is 0 Å². The fraction of sp³-hybridized carbons (Fsp3) is 0.816. The molecule has 1 saturated heterocycles. The molecule has 326 valence electrons. The van der Waals surface area contributed by atoms with Gasteiger partial charge in [-0.15, -0.1) is 0 Å². The lowest BCUT2D eigenvalue weighted by Crippen LogP contribution is -2.30. The van der Waals surface area contributed by atoms with Crippen molar-refractivity contribution in [3.8, 4) is 0 Å². The third kappa shape index (κ3) is 39.1. The van der Waals surface area contributed by atoms with Crippen LogP contribution in [-0.2, 0) is 28.5 Å². The molecule has 0 atom stereocenters. The summed E-state index contributed by atoms with van der Waals surface area (Å²) in [6.07, 6.45) is 51.4. The summed E-state index contributed by atoms with van der Waals surface area (Å²) in [6, 6.07) is 0. The van der Waals surface area contributed by atoms with E-state index >= 15 is 0 Å². The maximum atomic E-state index is 12.6. The number of carbonyl (C=O) groups is 1. The zero-order valence-electron chi connectivity index (χ0n) is 36.8. The van der Waals surface area contributed by atoms with Crippen LogP contribution in [-0.4, -0.2) is 76.6 Å². The van der Waals surface area contributed by atoms with Crippen LogP contribution in [0, 0.1) is 0 Å². The Labute approximate surface area is 346 Å². The van der Waals surface area contributed by atoms with Crippen LogP contribution in [0.5, 0.6) is 0 Å². The van der Waals surface area contributed by atoms with E-state index in [9.17, 15) is 4.79 Å². The number of rotatable bonds is 43. The first-order chi connectivity index (χ1) is 27.8. The minimum Gasteiger partial charge on any atom is -0.457 e. The van der Waals surface area contributed by atoms with E-state index in [-0.39, 0.29) is 32.8 Å². The molecule has 0 bridgehead atoms. The first kappa shape index (κ1) is 52.2. The number of hydrogen-bond acceptors (Lipinski definition) is 7. The molecule has 1 rings (SSSR count). The molecular weight excluding hydrogens is 699 g/mol. The molecule has 0 aromatic rings. The van der Waals surface area contributed by atoms with Gasteiger partial charge in [-0.05, 0) is 116 Å². The standard InChI is InChI=1S/C49H89NO6/c1-3-5-7-9-11-13-15-17-19-21-23-25-27-29-31-35-42-52-46-54-44-48(56-49(51)38-37-41-50-39-33-34-40-50)45-55-47-53-43-36-32-30-28-26-24-22-20-18-16-14-12-10-8-6-4-2/h11-14,17-20,48H,3-10,15-16,21-47H2,1-2H3/b13-11-,14-12-,19-17-,20-18-. The molecule has 0 saturated carbocycles. The molecule has 56 heavy (non-hydrogen) atoms. The van der Waals surface area contributed by atoms with E-state index in [1.807, 2.05) is 0 Å². The van der Waals surface area contributed by atoms with Gasteiger partial charge in [0.1, 0.15) is 19.7 Å². The summed E-state index contributed by atoms with van der Waals surface area (Å²) in [5.74, 6) is -0.189. The Morgan fingerprint density at radius 3 is 1.36 bits per heavy atom. The second kappa shape index (κ2) is 44.3. The summed E-state index contributed by atoms with van der Waals surface area (Å²) >= 11 is 0. The molecule has 7 heteroatoms. The second-order valence-corrected chi connectivity index (χ2v) is 15.7. The Balaban J connectivity index is 2.07. The zero-order chi connectivity index (χ0) is 40.1. The van der Waals surface area contributed by atoms with Crippen LogP contribution in [0.25, 0.3) is 0 Å². The van der Waals surface area contributed by atoms with E-state index in [2.05, 4.69) is 67.4 Å². The van der Waals surface area contributed by atoms with E-state index in [1.165, 1.54) is 141 Å². The maximum absolute atomic E-state index is 12.6. The lowest BCUT2D eigenvalue weighted by molar-refractivity contribution is -0.165.